The summed E-state index contributed by atoms with van der Waals surface area (Å²) in [5.41, 5.74) is 2.15. The van der Waals surface area contributed by atoms with E-state index in [9.17, 15) is 10.2 Å². The van der Waals surface area contributed by atoms with E-state index in [-0.39, 0.29) is 31.8 Å². The van der Waals surface area contributed by atoms with Crippen LogP contribution in [-0.4, -0.2) is 55.1 Å². The van der Waals surface area contributed by atoms with Crippen molar-refractivity contribution in [3.8, 4) is 0 Å². The second-order valence-electron chi connectivity index (χ2n) is 6.93. The molecule has 0 amide bonds. The smallest absolute Gasteiger partial charge is 0.191 e. The second kappa shape index (κ2) is 12.9. The lowest BCUT2D eigenvalue weighted by Crippen LogP contribution is -2.40. The number of guanidine groups is 1. The van der Waals surface area contributed by atoms with Gasteiger partial charge in [0, 0.05) is 19.0 Å². The molecule has 0 spiro atoms. The van der Waals surface area contributed by atoms with Gasteiger partial charge in [-0.15, -0.1) is 0 Å². The highest BCUT2D eigenvalue weighted by atomic mass is 16.5. The summed E-state index contributed by atoms with van der Waals surface area (Å²) in [5.74, 6) is 0.581. The van der Waals surface area contributed by atoms with Gasteiger partial charge in [0.05, 0.1) is 32.0 Å². The number of hydrogen-bond donors (Lipinski definition) is 4. The van der Waals surface area contributed by atoms with E-state index in [2.05, 4.69) is 15.6 Å². The Morgan fingerprint density at radius 1 is 1.00 bits per heavy atom. The molecule has 158 valence electrons. The maximum Gasteiger partial charge on any atom is 0.191 e. The summed E-state index contributed by atoms with van der Waals surface area (Å²) < 4.78 is 5.76. The maximum absolute atomic E-state index is 10.2. The second-order valence-corrected chi connectivity index (χ2v) is 6.93. The maximum atomic E-state index is 10.2. The summed E-state index contributed by atoms with van der Waals surface area (Å²) in [4.78, 5) is 4.45. The molecule has 3 atom stereocenters. The molecule has 6 heteroatoms. The number of aliphatic hydroxyl groups is 2. The Hall–Kier alpha value is -2.41. The molecule has 0 aliphatic carbocycles. The minimum Gasteiger partial charge on any atom is -0.396 e. The molecule has 0 bridgehead atoms. The van der Waals surface area contributed by atoms with Gasteiger partial charge in [0.15, 0.2) is 5.96 Å². The van der Waals surface area contributed by atoms with E-state index in [1.54, 1.807) is 0 Å². The number of aliphatic hydroxyl groups excluding tert-OH is 2. The minimum atomic E-state index is -0.695. The van der Waals surface area contributed by atoms with Gasteiger partial charge < -0.3 is 25.6 Å². The zero-order valence-electron chi connectivity index (χ0n) is 17.3. The van der Waals surface area contributed by atoms with Crippen molar-refractivity contribution in [1.82, 2.24) is 10.6 Å². The summed E-state index contributed by atoms with van der Waals surface area (Å²) in [5, 5.41) is 26.3. The summed E-state index contributed by atoms with van der Waals surface area (Å²) in [6.45, 7) is 5.69. The highest BCUT2D eigenvalue weighted by molar-refractivity contribution is 5.79. The fourth-order valence-electron chi connectivity index (χ4n) is 2.90. The number of ether oxygens (including phenoxy) is 1. The van der Waals surface area contributed by atoms with Gasteiger partial charge in [0.1, 0.15) is 0 Å². The van der Waals surface area contributed by atoms with Gasteiger partial charge in [-0.1, -0.05) is 60.7 Å². The number of nitrogens with one attached hydrogen (secondary N) is 2. The van der Waals surface area contributed by atoms with E-state index in [1.807, 2.05) is 74.5 Å². The molecule has 2 rings (SSSR count). The SMILES string of the molecule is CCNC(=NCC(O)COC(C)c1ccccc1)NCC(CO)c1ccccc1. The number of nitrogens with zero attached hydrogens (tertiary/aromatic N) is 1. The first-order valence-corrected chi connectivity index (χ1v) is 10.2. The monoisotopic (exact) mass is 399 g/mol. The zero-order valence-corrected chi connectivity index (χ0v) is 17.3. The molecule has 0 fully saturated rings. The van der Waals surface area contributed by atoms with Crippen LogP contribution in [0.5, 0.6) is 0 Å². The topological polar surface area (TPSA) is 86.1 Å². The van der Waals surface area contributed by atoms with E-state index >= 15 is 0 Å². The van der Waals surface area contributed by atoms with E-state index in [0.717, 1.165) is 11.1 Å². The highest BCUT2D eigenvalue weighted by Gasteiger charge is 2.12. The first-order valence-electron chi connectivity index (χ1n) is 10.2. The molecule has 0 aliphatic heterocycles. The van der Waals surface area contributed by atoms with Crippen LogP contribution >= 0.6 is 0 Å². The van der Waals surface area contributed by atoms with Crippen LogP contribution in [0.3, 0.4) is 0 Å². The molecule has 3 unspecified atom stereocenters. The third-order valence-corrected chi connectivity index (χ3v) is 4.62. The van der Waals surface area contributed by atoms with Crippen molar-refractivity contribution in [2.45, 2.75) is 32.0 Å². The molecule has 0 radical (unpaired) electrons. The molecular formula is C23H33N3O3. The van der Waals surface area contributed by atoms with Crippen LogP contribution in [0, 0.1) is 0 Å². The molecule has 2 aromatic rings. The van der Waals surface area contributed by atoms with Gasteiger partial charge >= 0.3 is 0 Å². The van der Waals surface area contributed by atoms with E-state index in [0.29, 0.717) is 19.0 Å². The summed E-state index contributed by atoms with van der Waals surface area (Å²) in [6.07, 6.45) is -0.781. The van der Waals surface area contributed by atoms with Crippen molar-refractivity contribution in [3.63, 3.8) is 0 Å². The van der Waals surface area contributed by atoms with Crippen molar-refractivity contribution in [1.29, 1.82) is 0 Å². The summed E-state index contributed by atoms with van der Waals surface area (Å²) in [6, 6.07) is 19.8. The third-order valence-electron chi connectivity index (χ3n) is 4.62. The summed E-state index contributed by atoms with van der Waals surface area (Å²) in [7, 11) is 0. The molecule has 0 saturated heterocycles. The Balaban J connectivity index is 1.82. The van der Waals surface area contributed by atoms with Crippen LogP contribution in [-0.2, 0) is 4.74 Å². The predicted octanol–water partition coefficient (Wildman–Crippen LogP) is 2.46. The van der Waals surface area contributed by atoms with Crippen molar-refractivity contribution in [2.24, 2.45) is 4.99 Å². The van der Waals surface area contributed by atoms with Gasteiger partial charge in [-0.3, -0.25) is 4.99 Å². The average molecular weight is 400 g/mol. The van der Waals surface area contributed by atoms with Gasteiger partial charge in [-0.2, -0.15) is 0 Å². The predicted molar refractivity (Wildman–Crippen MR) is 117 cm³/mol. The summed E-state index contributed by atoms with van der Waals surface area (Å²) >= 11 is 0. The minimum absolute atomic E-state index is 0.0277. The van der Waals surface area contributed by atoms with Gasteiger partial charge in [0.25, 0.3) is 0 Å². The van der Waals surface area contributed by atoms with Gasteiger partial charge in [-0.05, 0) is 25.0 Å². The fraction of sp³-hybridized carbons (Fsp3) is 0.435. The molecule has 2 aromatic carbocycles. The third kappa shape index (κ3) is 8.23. The molecule has 6 nitrogen and oxygen atoms in total. The lowest BCUT2D eigenvalue weighted by Gasteiger charge is -2.19. The molecule has 4 N–H and O–H groups in total. The number of hydrogen-bond acceptors (Lipinski definition) is 4. The molecule has 0 aliphatic rings. The largest absolute Gasteiger partial charge is 0.396 e. The lowest BCUT2D eigenvalue weighted by atomic mass is 10.0. The first-order chi connectivity index (χ1) is 14.1. The van der Waals surface area contributed by atoms with Crippen LogP contribution in [0.4, 0.5) is 0 Å². The van der Waals surface area contributed by atoms with Crippen molar-refractivity contribution < 1.29 is 14.9 Å². The normalized spacial score (nSPS) is 14.8. The van der Waals surface area contributed by atoms with Gasteiger partial charge in [-0.25, -0.2) is 0 Å². The van der Waals surface area contributed by atoms with E-state index in [1.165, 1.54) is 0 Å². The molecule has 0 saturated carbocycles. The lowest BCUT2D eigenvalue weighted by molar-refractivity contribution is 0.00111. The van der Waals surface area contributed by atoms with Crippen LogP contribution in [0.25, 0.3) is 0 Å². The number of benzene rings is 2. The Kier molecular flexibility index (Phi) is 10.2. The van der Waals surface area contributed by atoms with Crippen LogP contribution in [0.15, 0.2) is 65.7 Å². The average Bonchev–Trinajstić information content (AvgIpc) is 2.77. The van der Waals surface area contributed by atoms with Crippen LogP contribution in [0.1, 0.15) is 37.0 Å². The fourth-order valence-corrected chi connectivity index (χ4v) is 2.90. The zero-order chi connectivity index (χ0) is 20.9. The number of aliphatic imine (C=N–C) groups is 1. The van der Waals surface area contributed by atoms with Gasteiger partial charge in [0.2, 0.25) is 0 Å². The molecule has 29 heavy (non-hydrogen) atoms. The van der Waals surface area contributed by atoms with E-state index in [4.69, 9.17) is 4.74 Å². The highest BCUT2D eigenvalue weighted by Crippen LogP contribution is 2.16. The first kappa shape index (κ1) is 22.9. The Morgan fingerprint density at radius 2 is 1.62 bits per heavy atom. The Morgan fingerprint density at radius 3 is 2.21 bits per heavy atom. The molecule has 0 heterocycles. The van der Waals surface area contributed by atoms with E-state index < -0.39 is 6.10 Å². The van der Waals surface area contributed by atoms with Crippen molar-refractivity contribution in [2.75, 3.05) is 32.8 Å². The molecule has 0 aromatic heterocycles. The Bertz CT molecular complexity index is 710. The Labute approximate surface area is 173 Å². The standard InChI is InChI=1S/C23H33N3O3/c1-3-24-23(25-14-21(16-27)20-12-8-5-9-13-20)26-15-22(28)17-29-18(2)19-10-6-4-7-11-19/h4-13,18,21-22,27-28H,3,14-17H2,1-2H3,(H2,24,25,26). The van der Waals surface area contributed by atoms with Crippen LogP contribution < -0.4 is 10.6 Å². The van der Waals surface area contributed by atoms with Crippen LogP contribution in [0.2, 0.25) is 0 Å². The number of rotatable bonds is 11. The molecular weight excluding hydrogens is 366 g/mol. The van der Waals surface area contributed by atoms with Crippen molar-refractivity contribution in [3.05, 3.63) is 71.8 Å². The quantitative estimate of drug-likeness (QED) is 0.344. The van der Waals surface area contributed by atoms with Crippen molar-refractivity contribution >= 4 is 5.96 Å².